The van der Waals surface area contributed by atoms with Gasteiger partial charge in [-0.15, -0.1) is 0 Å². The van der Waals surface area contributed by atoms with Gasteiger partial charge in [-0.05, 0) is 18.4 Å². The topological polar surface area (TPSA) is 47.3 Å². The molecule has 0 saturated heterocycles. The first-order valence-electron chi connectivity index (χ1n) is 4.81. The zero-order chi connectivity index (χ0) is 10.6. The minimum atomic E-state index is -0.494. The summed E-state index contributed by atoms with van der Waals surface area (Å²) in [6, 6.07) is 1.84. The Balaban J connectivity index is 2.51. The molecule has 0 aliphatic rings. The lowest BCUT2D eigenvalue weighted by molar-refractivity contribution is 0.0850. The van der Waals surface area contributed by atoms with Crippen LogP contribution in [0.2, 0.25) is 0 Å². The molecule has 1 aromatic heterocycles. The lowest BCUT2D eigenvalue weighted by atomic mass is 9.99. The zero-order valence-electron chi connectivity index (χ0n) is 8.97. The predicted octanol–water partition coefficient (Wildman–Crippen LogP) is 1.13. The van der Waals surface area contributed by atoms with Crippen LogP contribution in [0.3, 0.4) is 0 Å². The Morgan fingerprint density at radius 1 is 1.64 bits per heavy atom. The second-order valence-electron chi connectivity index (χ2n) is 3.62. The second-order valence-corrected chi connectivity index (χ2v) is 3.62. The maximum Gasteiger partial charge on any atom is 0.100 e. The molecule has 4 heteroatoms. The molecule has 1 rings (SSSR count). The Labute approximate surface area is 84.5 Å². The summed E-state index contributed by atoms with van der Waals surface area (Å²) in [5.74, 6) is 0.171. The highest BCUT2D eigenvalue weighted by atomic mass is 16.5. The summed E-state index contributed by atoms with van der Waals surface area (Å²) < 4.78 is 6.66. The van der Waals surface area contributed by atoms with Gasteiger partial charge in [0.1, 0.15) is 6.10 Å². The Morgan fingerprint density at radius 2 is 2.36 bits per heavy atom. The number of methoxy groups -OCH3 is 1. The third-order valence-electron chi connectivity index (χ3n) is 2.35. The van der Waals surface area contributed by atoms with E-state index in [1.165, 1.54) is 0 Å². The third-order valence-corrected chi connectivity index (χ3v) is 2.35. The van der Waals surface area contributed by atoms with Crippen molar-refractivity contribution in [2.24, 2.45) is 13.0 Å². The molecule has 1 aromatic rings. The highest BCUT2D eigenvalue weighted by molar-refractivity contribution is 5.03. The number of ether oxygens (including phenoxy) is 1. The molecule has 2 atom stereocenters. The average Bonchev–Trinajstić information content (AvgIpc) is 2.60. The molecule has 0 fully saturated rings. The number of aliphatic hydroxyl groups excluding tert-OH is 1. The summed E-state index contributed by atoms with van der Waals surface area (Å²) in [7, 11) is 3.51. The molecule has 4 nitrogen and oxygen atoms in total. The van der Waals surface area contributed by atoms with Crippen LogP contribution in [0.5, 0.6) is 0 Å². The highest BCUT2D eigenvalue weighted by Crippen LogP contribution is 2.22. The molecule has 0 aliphatic heterocycles. The van der Waals surface area contributed by atoms with Gasteiger partial charge >= 0.3 is 0 Å². The fraction of sp³-hybridized carbons (Fsp3) is 0.700. The summed E-state index contributed by atoms with van der Waals surface area (Å²) in [6.07, 6.45) is 2.18. The van der Waals surface area contributed by atoms with E-state index in [2.05, 4.69) is 5.10 Å². The molecule has 0 radical (unpaired) electrons. The van der Waals surface area contributed by atoms with E-state index in [-0.39, 0.29) is 5.92 Å². The molecule has 0 spiro atoms. The molecule has 80 valence electrons. The van der Waals surface area contributed by atoms with Gasteiger partial charge < -0.3 is 9.84 Å². The molecule has 0 aliphatic carbocycles. The first-order valence-corrected chi connectivity index (χ1v) is 4.81. The molecule has 0 bridgehead atoms. The standard InChI is InChI=1S/C10H18N2O2/c1-8(5-7-14-3)10(13)9-4-6-12(2)11-9/h4,6,8,10,13H,5,7H2,1-3H3. The van der Waals surface area contributed by atoms with Crippen LogP contribution in [0.25, 0.3) is 0 Å². The van der Waals surface area contributed by atoms with Crippen LogP contribution in [0.15, 0.2) is 12.3 Å². The van der Waals surface area contributed by atoms with E-state index in [0.717, 1.165) is 12.1 Å². The summed E-state index contributed by atoms with van der Waals surface area (Å²) in [5, 5.41) is 14.1. The number of aromatic nitrogens is 2. The molecular formula is C10H18N2O2. The van der Waals surface area contributed by atoms with E-state index in [1.54, 1.807) is 11.8 Å². The van der Waals surface area contributed by atoms with Crippen molar-refractivity contribution in [1.82, 2.24) is 9.78 Å². The molecule has 0 amide bonds. The van der Waals surface area contributed by atoms with E-state index in [4.69, 9.17) is 4.74 Å². The second kappa shape index (κ2) is 5.12. The van der Waals surface area contributed by atoms with Gasteiger partial charge in [0.15, 0.2) is 0 Å². The van der Waals surface area contributed by atoms with Crippen LogP contribution >= 0.6 is 0 Å². The lowest BCUT2D eigenvalue weighted by Gasteiger charge is -2.16. The largest absolute Gasteiger partial charge is 0.386 e. The molecule has 1 heterocycles. The van der Waals surface area contributed by atoms with Gasteiger partial charge in [0.05, 0.1) is 5.69 Å². The average molecular weight is 198 g/mol. The van der Waals surface area contributed by atoms with Crippen molar-refractivity contribution in [2.75, 3.05) is 13.7 Å². The Bertz CT molecular complexity index is 273. The van der Waals surface area contributed by atoms with Crippen molar-refractivity contribution in [3.63, 3.8) is 0 Å². The van der Waals surface area contributed by atoms with Crippen molar-refractivity contribution in [1.29, 1.82) is 0 Å². The van der Waals surface area contributed by atoms with Crippen LogP contribution in [-0.4, -0.2) is 28.6 Å². The number of aryl methyl sites for hydroxylation is 1. The van der Waals surface area contributed by atoms with E-state index < -0.39 is 6.10 Å². The normalized spacial score (nSPS) is 15.4. The summed E-state index contributed by atoms with van der Waals surface area (Å²) >= 11 is 0. The predicted molar refractivity (Wildman–Crippen MR) is 53.8 cm³/mol. The zero-order valence-corrected chi connectivity index (χ0v) is 8.97. The Kier molecular flexibility index (Phi) is 4.10. The maximum atomic E-state index is 9.90. The molecule has 0 saturated carbocycles. The number of rotatable bonds is 5. The first-order chi connectivity index (χ1) is 6.65. The smallest absolute Gasteiger partial charge is 0.100 e. The van der Waals surface area contributed by atoms with Gasteiger partial charge in [-0.25, -0.2) is 0 Å². The van der Waals surface area contributed by atoms with Gasteiger partial charge in [-0.1, -0.05) is 6.92 Å². The van der Waals surface area contributed by atoms with Crippen molar-refractivity contribution < 1.29 is 9.84 Å². The fourth-order valence-corrected chi connectivity index (χ4v) is 1.34. The highest BCUT2D eigenvalue weighted by Gasteiger charge is 2.18. The van der Waals surface area contributed by atoms with Gasteiger partial charge in [-0.3, -0.25) is 4.68 Å². The molecule has 14 heavy (non-hydrogen) atoms. The van der Waals surface area contributed by atoms with Crippen LogP contribution in [0.4, 0.5) is 0 Å². The summed E-state index contributed by atoms with van der Waals surface area (Å²) in [4.78, 5) is 0. The van der Waals surface area contributed by atoms with Crippen molar-refractivity contribution in [3.05, 3.63) is 18.0 Å². The van der Waals surface area contributed by atoms with E-state index in [1.807, 2.05) is 26.2 Å². The van der Waals surface area contributed by atoms with Crippen LogP contribution in [0.1, 0.15) is 25.1 Å². The summed E-state index contributed by atoms with van der Waals surface area (Å²) in [5.41, 5.74) is 0.733. The fourth-order valence-electron chi connectivity index (χ4n) is 1.34. The Hall–Kier alpha value is -0.870. The quantitative estimate of drug-likeness (QED) is 0.771. The molecule has 2 unspecified atom stereocenters. The minimum absolute atomic E-state index is 0.171. The third kappa shape index (κ3) is 2.82. The summed E-state index contributed by atoms with van der Waals surface area (Å²) in [6.45, 7) is 2.67. The lowest BCUT2D eigenvalue weighted by Crippen LogP contribution is -2.12. The van der Waals surface area contributed by atoms with Gasteiger partial charge in [0.2, 0.25) is 0 Å². The number of hydrogen-bond acceptors (Lipinski definition) is 3. The number of nitrogens with zero attached hydrogens (tertiary/aromatic N) is 2. The first kappa shape index (κ1) is 11.2. The molecule has 1 N–H and O–H groups in total. The van der Waals surface area contributed by atoms with Crippen LogP contribution in [0, 0.1) is 5.92 Å². The van der Waals surface area contributed by atoms with E-state index >= 15 is 0 Å². The van der Waals surface area contributed by atoms with E-state index in [9.17, 15) is 5.11 Å². The van der Waals surface area contributed by atoms with Gasteiger partial charge in [0, 0.05) is 27.0 Å². The van der Waals surface area contributed by atoms with E-state index in [0.29, 0.717) is 6.61 Å². The van der Waals surface area contributed by atoms with Crippen LogP contribution in [-0.2, 0) is 11.8 Å². The maximum absolute atomic E-state index is 9.90. The van der Waals surface area contributed by atoms with Crippen molar-refractivity contribution >= 4 is 0 Å². The molecule has 0 aromatic carbocycles. The SMILES string of the molecule is COCCC(C)C(O)c1ccn(C)n1. The minimum Gasteiger partial charge on any atom is -0.386 e. The van der Waals surface area contributed by atoms with Crippen LogP contribution < -0.4 is 0 Å². The monoisotopic (exact) mass is 198 g/mol. The van der Waals surface area contributed by atoms with Crippen molar-refractivity contribution in [2.45, 2.75) is 19.4 Å². The number of aliphatic hydroxyl groups is 1. The van der Waals surface area contributed by atoms with Gasteiger partial charge in [0.25, 0.3) is 0 Å². The van der Waals surface area contributed by atoms with Gasteiger partial charge in [-0.2, -0.15) is 5.10 Å². The number of hydrogen-bond donors (Lipinski definition) is 1. The molecular weight excluding hydrogens is 180 g/mol. The Morgan fingerprint density at radius 3 is 2.86 bits per heavy atom. The van der Waals surface area contributed by atoms with Crippen molar-refractivity contribution in [3.8, 4) is 0 Å².